The SMILES string of the molecule is C[C@@]12CO[C@@H](c3ccccc3)O[C@H]1CC[C@@]1(C)[C@H]2C[C@H](OC(=O)c2cccc(C#N)c2)[C@@]2(C)Oc3cc(-c4cccnc4)oc(=O)c3[C@H](O)[C@H]12. The van der Waals surface area contributed by atoms with E-state index in [1.54, 1.807) is 48.8 Å². The van der Waals surface area contributed by atoms with Crippen LogP contribution in [0.4, 0.5) is 0 Å². The van der Waals surface area contributed by atoms with E-state index >= 15 is 0 Å². The summed E-state index contributed by atoms with van der Waals surface area (Å²) < 4.78 is 32.1. The fourth-order valence-electron chi connectivity index (χ4n) is 9.55. The number of benzene rings is 2. The topological polar surface area (TPSA) is 141 Å². The largest absolute Gasteiger partial charge is 0.482 e. The predicted molar refractivity (Wildman–Crippen MR) is 180 cm³/mol. The standard InChI is InChI=1S/C40H38N2O8/c1-38-15-14-30-39(2,22-46-37(49-30)24-10-5-4-6-11-24)29(38)19-31(48-35(44)25-12-7-9-23(17-25)20-41)40(3)34(38)33(43)32-28(50-40)18-27(47-36(32)45)26-13-8-16-42-21-26/h4-13,16-18,21,29-31,33-34,37,43H,14-15,19,22H2,1-3H3/t29-,30+,31+,33+,34-,37-,38+,39+,40-/m1/s1. The molecule has 9 atom stereocenters. The number of fused-ring (bicyclic) bond motifs is 6. The van der Waals surface area contributed by atoms with Gasteiger partial charge in [0.15, 0.2) is 6.29 Å². The third-order valence-corrected chi connectivity index (χ3v) is 11.9. The maximum Gasteiger partial charge on any atom is 0.345 e. The Morgan fingerprint density at radius 2 is 1.86 bits per heavy atom. The van der Waals surface area contributed by atoms with Crippen molar-refractivity contribution in [2.45, 2.75) is 70.2 Å². The van der Waals surface area contributed by atoms with E-state index in [9.17, 15) is 20.0 Å². The molecule has 2 aliphatic heterocycles. The monoisotopic (exact) mass is 674 g/mol. The van der Waals surface area contributed by atoms with E-state index in [1.807, 2.05) is 37.3 Å². The van der Waals surface area contributed by atoms with E-state index in [0.29, 0.717) is 37.0 Å². The number of nitrogens with zero attached hydrogens (tertiary/aromatic N) is 2. The van der Waals surface area contributed by atoms with Crippen molar-refractivity contribution in [3.8, 4) is 23.1 Å². The van der Waals surface area contributed by atoms with Crippen LogP contribution in [-0.2, 0) is 14.2 Å². The maximum atomic E-state index is 13.8. The number of aliphatic hydroxyl groups is 1. The van der Waals surface area contributed by atoms with Crippen LogP contribution in [-0.4, -0.2) is 40.5 Å². The summed E-state index contributed by atoms with van der Waals surface area (Å²) in [5.41, 5.74) is -0.953. The average Bonchev–Trinajstić information content (AvgIpc) is 3.12. The molecule has 8 rings (SSSR count). The van der Waals surface area contributed by atoms with E-state index in [1.165, 1.54) is 6.07 Å². The number of nitriles is 1. The Hall–Kier alpha value is -4.82. The summed E-state index contributed by atoms with van der Waals surface area (Å²) >= 11 is 0. The minimum atomic E-state index is -1.29. The van der Waals surface area contributed by atoms with Crippen LogP contribution in [0.1, 0.15) is 79.5 Å². The van der Waals surface area contributed by atoms with Gasteiger partial charge in [0.25, 0.3) is 0 Å². The van der Waals surface area contributed by atoms with Crippen LogP contribution in [0, 0.1) is 34.0 Å². The lowest BCUT2D eigenvalue weighted by Gasteiger charge is -2.67. The third-order valence-electron chi connectivity index (χ3n) is 11.9. The van der Waals surface area contributed by atoms with Crippen molar-refractivity contribution in [1.29, 1.82) is 5.26 Å². The van der Waals surface area contributed by atoms with Crippen LogP contribution in [0.2, 0.25) is 0 Å². The first-order chi connectivity index (χ1) is 24.0. The first kappa shape index (κ1) is 32.4. The molecule has 1 saturated heterocycles. The van der Waals surface area contributed by atoms with E-state index in [0.717, 1.165) is 5.56 Å². The zero-order valence-corrected chi connectivity index (χ0v) is 28.1. The molecule has 2 aromatic heterocycles. The minimum absolute atomic E-state index is 0.0429. The number of esters is 1. The quantitative estimate of drug-likeness (QED) is 0.237. The second-order valence-electron chi connectivity index (χ2n) is 14.7. The predicted octanol–water partition coefficient (Wildman–Crippen LogP) is 6.54. The number of carbonyl (C=O) groups excluding carboxylic acids is 1. The Morgan fingerprint density at radius 1 is 1.04 bits per heavy atom. The third kappa shape index (κ3) is 4.98. The number of hydrogen-bond acceptors (Lipinski definition) is 10. The fourth-order valence-corrected chi connectivity index (χ4v) is 9.55. The number of carbonyl (C=O) groups is 1. The number of rotatable bonds is 4. The van der Waals surface area contributed by atoms with Crippen LogP contribution in [0.3, 0.4) is 0 Å². The molecule has 1 N–H and O–H groups in total. The number of hydrogen-bond donors (Lipinski definition) is 1. The van der Waals surface area contributed by atoms with Crippen molar-refractivity contribution in [1.82, 2.24) is 4.98 Å². The molecule has 4 aromatic rings. The van der Waals surface area contributed by atoms with Crippen LogP contribution in [0.15, 0.2) is 94.4 Å². The summed E-state index contributed by atoms with van der Waals surface area (Å²) in [5, 5.41) is 21.9. The molecule has 50 heavy (non-hydrogen) atoms. The van der Waals surface area contributed by atoms with E-state index in [2.05, 4.69) is 24.9 Å². The molecule has 0 unspecified atom stereocenters. The Labute approximate surface area is 289 Å². The highest BCUT2D eigenvalue weighted by Crippen LogP contribution is 2.68. The molecule has 2 aromatic carbocycles. The van der Waals surface area contributed by atoms with E-state index in [-0.39, 0.29) is 34.7 Å². The van der Waals surface area contributed by atoms with E-state index in [4.69, 9.17) is 23.4 Å². The van der Waals surface area contributed by atoms with Gasteiger partial charge in [0.2, 0.25) is 0 Å². The number of ether oxygens (including phenoxy) is 4. The summed E-state index contributed by atoms with van der Waals surface area (Å²) in [5.74, 6) is -1.04. The molecule has 0 spiro atoms. The second kappa shape index (κ2) is 11.9. The van der Waals surface area contributed by atoms with Crippen LogP contribution in [0.25, 0.3) is 11.3 Å². The molecule has 10 heteroatoms. The Bertz CT molecular complexity index is 2050. The van der Waals surface area contributed by atoms with Gasteiger partial charge in [0.1, 0.15) is 28.8 Å². The number of pyridine rings is 1. The van der Waals surface area contributed by atoms with Gasteiger partial charge < -0.3 is 28.5 Å². The van der Waals surface area contributed by atoms with Gasteiger partial charge in [-0.3, -0.25) is 4.98 Å². The molecule has 3 fully saturated rings. The highest BCUT2D eigenvalue weighted by atomic mass is 16.7. The van der Waals surface area contributed by atoms with Gasteiger partial charge in [-0.05, 0) is 67.9 Å². The summed E-state index contributed by atoms with van der Waals surface area (Å²) in [6.45, 7) is 6.54. The first-order valence-corrected chi connectivity index (χ1v) is 17.0. The molecule has 2 saturated carbocycles. The number of aromatic nitrogens is 1. The summed E-state index contributed by atoms with van der Waals surface area (Å²) in [4.78, 5) is 31.7. The van der Waals surface area contributed by atoms with Gasteiger partial charge in [-0.2, -0.15) is 5.26 Å². The average molecular weight is 675 g/mol. The van der Waals surface area contributed by atoms with Crippen molar-refractivity contribution < 1.29 is 33.3 Å². The Morgan fingerprint density at radius 3 is 2.62 bits per heavy atom. The van der Waals surface area contributed by atoms with Crippen LogP contribution in [0.5, 0.6) is 5.75 Å². The maximum absolute atomic E-state index is 13.8. The number of aliphatic hydroxyl groups excluding tert-OH is 1. The van der Waals surface area contributed by atoms with Crippen LogP contribution < -0.4 is 10.4 Å². The van der Waals surface area contributed by atoms with Gasteiger partial charge in [-0.1, -0.05) is 50.2 Å². The summed E-state index contributed by atoms with van der Waals surface area (Å²) in [7, 11) is 0. The van der Waals surface area contributed by atoms with Gasteiger partial charge in [-0.25, -0.2) is 9.59 Å². The molecule has 0 amide bonds. The molecule has 4 aliphatic rings. The van der Waals surface area contributed by atoms with Crippen molar-refractivity contribution in [2.24, 2.45) is 22.7 Å². The van der Waals surface area contributed by atoms with E-state index < -0.39 is 52.4 Å². The highest BCUT2D eigenvalue weighted by Gasteiger charge is 2.71. The second-order valence-corrected chi connectivity index (χ2v) is 14.7. The fraction of sp³-hybridized carbons (Fsp3) is 0.400. The van der Waals surface area contributed by atoms with Crippen molar-refractivity contribution in [3.05, 3.63) is 118 Å². The van der Waals surface area contributed by atoms with Crippen LogP contribution >= 0.6 is 0 Å². The van der Waals surface area contributed by atoms with Gasteiger partial charge in [-0.15, -0.1) is 0 Å². The highest BCUT2D eigenvalue weighted by molar-refractivity contribution is 5.90. The molecule has 0 radical (unpaired) electrons. The summed E-state index contributed by atoms with van der Waals surface area (Å²) in [6.07, 6.45) is 2.12. The zero-order valence-electron chi connectivity index (χ0n) is 28.1. The van der Waals surface area contributed by atoms with Crippen molar-refractivity contribution in [2.75, 3.05) is 6.61 Å². The molecule has 256 valence electrons. The molecular weight excluding hydrogens is 636 g/mol. The molecular formula is C40H38N2O8. The zero-order chi connectivity index (χ0) is 34.8. The smallest absolute Gasteiger partial charge is 0.345 e. The molecule has 0 bridgehead atoms. The van der Waals surface area contributed by atoms with Gasteiger partial charge >= 0.3 is 11.6 Å². The lowest BCUT2D eigenvalue weighted by molar-refractivity contribution is -0.330. The van der Waals surface area contributed by atoms with Crippen molar-refractivity contribution in [3.63, 3.8) is 0 Å². The van der Waals surface area contributed by atoms with Crippen molar-refractivity contribution >= 4 is 5.97 Å². The first-order valence-electron chi connectivity index (χ1n) is 17.0. The molecule has 10 nitrogen and oxygen atoms in total. The molecule has 4 heterocycles. The lowest BCUT2D eigenvalue weighted by Crippen LogP contribution is -2.71. The minimum Gasteiger partial charge on any atom is -0.482 e. The van der Waals surface area contributed by atoms with Gasteiger partial charge in [0, 0.05) is 40.9 Å². The summed E-state index contributed by atoms with van der Waals surface area (Å²) in [6, 6.07) is 23.4. The molecule has 2 aliphatic carbocycles. The lowest BCUT2D eigenvalue weighted by atomic mass is 9.42. The Balaban J connectivity index is 1.22. The normalized spacial score (nSPS) is 34.1. The Kier molecular flexibility index (Phi) is 7.71. The van der Waals surface area contributed by atoms with Gasteiger partial charge in [0.05, 0.1) is 36.0 Å².